The minimum Gasteiger partial charge on any atom is -0.465 e. The minimum atomic E-state index is -0.411. The zero-order valence-corrected chi connectivity index (χ0v) is 20.1. The largest absolute Gasteiger partial charge is 0.465 e. The molecule has 4 aliphatic rings. The lowest BCUT2D eigenvalue weighted by Crippen LogP contribution is -2.53. The highest BCUT2D eigenvalue weighted by Gasteiger charge is 2.54. The molecule has 1 atom stereocenters. The van der Waals surface area contributed by atoms with Crippen LogP contribution in [-0.4, -0.2) is 38.5 Å². The molecule has 1 heterocycles. The van der Waals surface area contributed by atoms with Gasteiger partial charge < -0.3 is 10.1 Å². The molecule has 6 rings (SSSR count). The van der Waals surface area contributed by atoms with Crippen LogP contribution in [0.15, 0.2) is 35.5 Å². The van der Waals surface area contributed by atoms with Gasteiger partial charge in [-0.25, -0.2) is 0 Å². The van der Waals surface area contributed by atoms with Gasteiger partial charge in [-0.3, -0.25) is 14.2 Å². The van der Waals surface area contributed by atoms with Gasteiger partial charge in [0.2, 0.25) is 5.91 Å². The molecular formula is C25H32N4O3S. The molecule has 176 valence electrons. The lowest BCUT2D eigenvalue weighted by Gasteiger charge is -2.55. The van der Waals surface area contributed by atoms with Crippen molar-refractivity contribution in [3.05, 3.63) is 36.2 Å². The number of para-hydroxylation sites is 1. The van der Waals surface area contributed by atoms with Crippen molar-refractivity contribution < 1.29 is 14.3 Å². The highest BCUT2D eigenvalue weighted by molar-refractivity contribution is 8.00. The molecular weight excluding hydrogens is 436 g/mol. The first-order chi connectivity index (χ1) is 16.0. The fourth-order valence-electron chi connectivity index (χ4n) is 6.53. The first-order valence-electron chi connectivity index (χ1n) is 12.1. The SMILES string of the molecule is CCOC(=O)C(C)Sc1nnc(CNC(=O)C23CC4CC(CC(C4)C2)C3)n1-c1ccccc1. The van der Waals surface area contributed by atoms with Gasteiger partial charge in [0.1, 0.15) is 5.25 Å². The average Bonchev–Trinajstić information content (AvgIpc) is 3.19. The standard InChI is InChI=1S/C25H32N4O3S/c1-3-32-22(30)16(2)33-24-28-27-21(29(24)20-7-5-4-6-8-20)15-26-23(31)25-12-17-9-18(13-25)11-19(10-17)14-25/h4-8,16-19H,3,9-15H2,1-2H3,(H,26,31). The van der Waals surface area contributed by atoms with Crippen molar-refractivity contribution in [2.24, 2.45) is 23.2 Å². The molecule has 1 aromatic carbocycles. The number of rotatable bonds is 8. The third-order valence-electron chi connectivity index (χ3n) is 7.54. The van der Waals surface area contributed by atoms with E-state index in [4.69, 9.17) is 4.74 Å². The number of hydrogen-bond donors (Lipinski definition) is 1. The van der Waals surface area contributed by atoms with Crippen LogP contribution in [-0.2, 0) is 20.9 Å². The number of benzene rings is 1. The molecule has 1 unspecified atom stereocenters. The summed E-state index contributed by atoms with van der Waals surface area (Å²) in [6.45, 7) is 4.26. The Morgan fingerprint density at radius 3 is 2.36 bits per heavy atom. The number of nitrogens with zero attached hydrogens (tertiary/aromatic N) is 3. The summed E-state index contributed by atoms with van der Waals surface area (Å²) in [5.41, 5.74) is 0.711. The van der Waals surface area contributed by atoms with E-state index < -0.39 is 5.25 Å². The van der Waals surface area contributed by atoms with E-state index in [1.54, 1.807) is 13.8 Å². The van der Waals surface area contributed by atoms with Crippen LogP contribution in [0.5, 0.6) is 0 Å². The van der Waals surface area contributed by atoms with Crippen molar-refractivity contribution in [2.75, 3.05) is 6.61 Å². The summed E-state index contributed by atoms with van der Waals surface area (Å²) in [5, 5.41) is 12.2. The summed E-state index contributed by atoms with van der Waals surface area (Å²) >= 11 is 1.32. The van der Waals surface area contributed by atoms with Crippen LogP contribution in [0.25, 0.3) is 5.69 Å². The van der Waals surface area contributed by atoms with Crippen molar-refractivity contribution in [3.63, 3.8) is 0 Å². The Hall–Kier alpha value is -2.35. The van der Waals surface area contributed by atoms with Gasteiger partial charge in [0, 0.05) is 11.1 Å². The molecule has 1 amide bonds. The number of nitrogens with one attached hydrogen (secondary N) is 1. The third-order valence-corrected chi connectivity index (χ3v) is 8.56. The molecule has 4 fully saturated rings. The average molecular weight is 469 g/mol. The molecule has 0 radical (unpaired) electrons. The van der Waals surface area contributed by atoms with E-state index in [0.717, 1.165) is 42.7 Å². The zero-order chi connectivity index (χ0) is 23.0. The highest BCUT2D eigenvalue weighted by Crippen LogP contribution is 2.60. The number of thioether (sulfide) groups is 1. The van der Waals surface area contributed by atoms with Gasteiger partial charge >= 0.3 is 5.97 Å². The molecule has 4 aliphatic carbocycles. The van der Waals surface area contributed by atoms with E-state index in [9.17, 15) is 9.59 Å². The van der Waals surface area contributed by atoms with Crippen LogP contribution >= 0.6 is 11.8 Å². The highest BCUT2D eigenvalue weighted by atomic mass is 32.2. The van der Waals surface area contributed by atoms with Crippen LogP contribution in [0.3, 0.4) is 0 Å². The fraction of sp³-hybridized carbons (Fsp3) is 0.600. The smallest absolute Gasteiger partial charge is 0.319 e. The number of hydrogen-bond acceptors (Lipinski definition) is 6. The summed E-state index contributed by atoms with van der Waals surface area (Å²) in [5.74, 6) is 2.74. The van der Waals surface area contributed by atoms with E-state index in [1.165, 1.54) is 31.0 Å². The molecule has 4 bridgehead atoms. The molecule has 33 heavy (non-hydrogen) atoms. The van der Waals surface area contributed by atoms with Gasteiger partial charge in [0.15, 0.2) is 11.0 Å². The molecule has 0 saturated heterocycles. The van der Waals surface area contributed by atoms with E-state index in [0.29, 0.717) is 24.1 Å². The quantitative estimate of drug-likeness (QED) is 0.463. The van der Waals surface area contributed by atoms with Crippen LogP contribution in [0.2, 0.25) is 0 Å². The van der Waals surface area contributed by atoms with Crippen molar-refractivity contribution in [3.8, 4) is 5.69 Å². The Bertz CT molecular complexity index is 987. The van der Waals surface area contributed by atoms with Crippen molar-refractivity contribution in [1.29, 1.82) is 0 Å². The second-order valence-electron chi connectivity index (χ2n) is 9.96. The monoisotopic (exact) mass is 468 g/mol. The molecule has 4 saturated carbocycles. The Balaban J connectivity index is 1.34. The van der Waals surface area contributed by atoms with Gasteiger partial charge in [0.05, 0.1) is 13.2 Å². The Morgan fingerprint density at radius 2 is 1.76 bits per heavy atom. The predicted octanol–water partition coefficient (Wildman–Crippen LogP) is 4.14. The van der Waals surface area contributed by atoms with Crippen molar-refractivity contribution >= 4 is 23.6 Å². The molecule has 1 aromatic heterocycles. The Morgan fingerprint density at radius 1 is 1.12 bits per heavy atom. The van der Waals surface area contributed by atoms with Crippen LogP contribution in [0.4, 0.5) is 0 Å². The Labute approximate surface area is 199 Å². The number of ether oxygens (including phenoxy) is 1. The topological polar surface area (TPSA) is 86.1 Å². The maximum absolute atomic E-state index is 13.4. The van der Waals surface area contributed by atoms with Gasteiger partial charge in [0.25, 0.3) is 0 Å². The fourth-order valence-corrected chi connectivity index (χ4v) is 7.41. The molecule has 0 spiro atoms. The lowest BCUT2D eigenvalue weighted by atomic mass is 9.49. The van der Waals surface area contributed by atoms with Gasteiger partial charge in [-0.05, 0) is 82.3 Å². The van der Waals surface area contributed by atoms with E-state index in [-0.39, 0.29) is 17.3 Å². The van der Waals surface area contributed by atoms with Crippen molar-refractivity contribution in [2.45, 2.75) is 69.3 Å². The lowest BCUT2D eigenvalue weighted by molar-refractivity contribution is -0.146. The maximum atomic E-state index is 13.4. The first kappa shape index (κ1) is 22.4. The maximum Gasteiger partial charge on any atom is 0.319 e. The van der Waals surface area contributed by atoms with Crippen LogP contribution < -0.4 is 5.32 Å². The summed E-state index contributed by atoms with van der Waals surface area (Å²) in [6, 6.07) is 9.82. The predicted molar refractivity (Wildman–Crippen MR) is 126 cm³/mol. The number of amides is 1. The summed E-state index contributed by atoms with van der Waals surface area (Å²) in [4.78, 5) is 25.6. The second kappa shape index (κ2) is 9.12. The zero-order valence-electron chi connectivity index (χ0n) is 19.3. The molecule has 8 heteroatoms. The second-order valence-corrected chi connectivity index (χ2v) is 11.3. The molecule has 2 aromatic rings. The molecule has 7 nitrogen and oxygen atoms in total. The number of esters is 1. The Kier molecular flexibility index (Phi) is 6.20. The summed E-state index contributed by atoms with van der Waals surface area (Å²) < 4.78 is 7.08. The number of carbonyl (C=O) groups excluding carboxylic acids is 2. The minimum absolute atomic E-state index is 0.179. The molecule has 1 N–H and O–H groups in total. The van der Waals surface area contributed by atoms with Gasteiger partial charge in [-0.1, -0.05) is 30.0 Å². The first-order valence-corrected chi connectivity index (χ1v) is 13.0. The van der Waals surface area contributed by atoms with E-state index in [2.05, 4.69) is 15.5 Å². The third kappa shape index (κ3) is 4.42. The van der Waals surface area contributed by atoms with Gasteiger partial charge in [-0.15, -0.1) is 10.2 Å². The van der Waals surface area contributed by atoms with Gasteiger partial charge in [-0.2, -0.15) is 0 Å². The van der Waals surface area contributed by atoms with Crippen molar-refractivity contribution in [1.82, 2.24) is 20.1 Å². The van der Waals surface area contributed by atoms with Crippen LogP contribution in [0.1, 0.15) is 58.2 Å². The van der Waals surface area contributed by atoms with Crippen LogP contribution in [0, 0.1) is 23.2 Å². The summed E-state index contributed by atoms with van der Waals surface area (Å²) in [7, 11) is 0. The molecule has 0 aliphatic heterocycles. The normalized spacial score (nSPS) is 28.5. The number of carbonyl (C=O) groups is 2. The van der Waals surface area contributed by atoms with E-state index >= 15 is 0 Å². The van der Waals surface area contributed by atoms with E-state index in [1.807, 2.05) is 34.9 Å². The summed E-state index contributed by atoms with van der Waals surface area (Å²) in [6.07, 6.45) is 7.05. The number of aromatic nitrogens is 3.